The fraction of sp³-hybridized carbons (Fsp3) is 0.519. The van der Waals surface area contributed by atoms with Gasteiger partial charge in [0.1, 0.15) is 5.92 Å². The number of amides is 3. The lowest BCUT2D eigenvalue weighted by Crippen LogP contribution is -2.43. The number of nitrogens with one attached hydrogen (secondary N) is 2. The number of carbonyl (C=O) groups is 3. The Morgan fingerprint density at radius 2 is 1.81 bits per heavy atom. The molecule has 10 heteroatoms. The number of benzene rings is 1. The first-order valence-electron chi connectivity index (χ1n) is 12.8. The average Bonchev–Trinajstić information content (AvgIpc) is 3.49. The van der Waals surface area contributed by atoms with Crippen LogP contribution in [0.3, 0.4) is 0 Å². The fourth-order valence-corrected chi connectivity index (χ4v) is 6.15. The third kappa shape index (κ3) is 7.19. The number of carbonyl (C=O) groups excluding carboxylic acids is 3. The number of fused-ring (bicyclic) bond motifs is 1. The highest BCUT2D eigenvalue weighted by Gasteiger charge is 2.33. The lowest BCUT2D eigenvalue weighted by Gasteiger charge is -2.28. The zero-order valence-corrected chi connectivity index (χ0v) is 23.3. The molecule has 3 aromatic rings. The van der Waals surface area contributed by atoms with Crippen LogP contribution in [0.2, 0.25) is 0 Å². The minimum absolute atomic E-state index is 0.0152. The van der Waals surface area contributed by atoms with E-state index in [0.29, 0.717) is 42.2 Å². The maximum Gasteiger partial charge on any atom is 0.276 e. The second-order valence-electron chi connectivity index (χ2n) is 10.3. The summed E-state index contributed by atoms with van der Waals surface area (Å²) in [5.74, 6) is -1.23. The summed E-state index contributed by atoms with van der Waals surface area (Å²) in [6.07, 6.45) is 3.11. The van der Waals surface area contributed by atoms with Crippen molar-refractivity contribution in [1.82, 2.24) is 20.8 Å². The van der Waals surface area contributed by atoms with Crippen molar-refractivity contribution in [3.63, 3.8) is 0 Å². The minimum Gasteiger partial charge on any atom is -0.415 e. The van der Waals surface area contributed by atoms with Crippen molar-refractivity contribution >= 4 is 50.9 Å². The van der Waals surface area contributed by atoms with Gasteiger partial charge in [0.05, 0.1) is 4.88 Å². The molecule has 1 saturated carbocycles. The van der Waals surface area contributed by atoms with Gasteiger partial charge in [0.15, 0.2) is 0 Å². The van der Waals surface area contributed by atoms with Gasteiger partial charge in [0, 0.05) is 21.9 Å². The zero-order chi connectivity index (χ0) is 26.5. The molecule has 0 bridgehead atoms. The van der Waals surface area contributed by atoms with Crippen LogP contribution in [0.25, 0.3) is 10.1 Å². The largest absolute Gasteiger partial charge is 0.415 e. The van der Waals surface area contributed by atoms with Crippen LogP contribution in [0.15, 0.2) is 40.0 Å². The Kier molecular flexibility index (Phi) is 9.02. The molecule has 3 amide bonds. The molecule has 1 aromatic carbocycles. The molecule has 0 saturated heterocycles. The summed E-state index contributed by atoms with van der Waals surface area (Å²) in [6, 6.07) is 9.87. The van der Waals surface area contributed by atoms with E-state index in [1.807, 2.05) is 58.0 Å². The summed E-state index contributed by atoms with van der Waals surface area (Å²) in [6.45, 7) is 8.07. The first-order chi connectivity index (χ1) is 17.7. The quantitative estimate of drug-likeness (QED) is 0.341. The van der Waals surface area contributed by atoms with Crippen LogP contribution >= 0.6 is 23.1 Å². The van der Waals surface area contributed by atoms with Crippen molar-refractivity contribution in [2.75, 3.05) is 0 Å². The van der Waals surface area contributed by atoms with E-state index in [2.05, 4.69) is 20.8 Å². The third-order valence-electron chi connectivity index (χ3n) is 6.41. The van der Waals surface area contributed by atoms with Gasteiger partial charge < -0.3 is 9.73 Å². The Balaban J connectivity index is 1.30. The van der Waals surface area contributed by atoms with E-state index in [1.165, 1.54) is 23.1 Å². The standard InChI is InChI=1S/C27H34N4O4S2/c1-15(2)13-20(26-30-31-27(35-26)36-16(3)4)24(33)29-23(32)17-9-11-19(12-10-17)28-25(34)22-14-18-7-5-6-8-21(18)37-22/h5-8,14-17,19-20H,9-13H2,1-4H3,(H,28,34)(H,29,32,33). The molecule has 37 heavy (non-hydrogen) atoms. The van der Waals surface area contributed by atoms with Gasteiger partial charge in [-0.1, -0.05) is 57.7 Å². The summed E-state index contributed by atoms with van der Waals surface area (Å²) in [5.41, 5.74) is 0. The molecule has 0 aliphatic heterocycles. The molecule has 1 fully saturated rings. The molecule has 1 unspecified atom stereocenters. The van der Waals surface area contributed by atoms with Crippen LogP contribution < -0.4 is 10.6 Å². The Bertz CT molecular complexity index is 1210. The van der Waals surface area contributed by atoms with Crippen molar-refractivity contribution < 1.29 is 18.8 Å². The number of nitrogens with zero attached hydrogens (tertiary/aromatic N) is 2. The number of thiophene rings is 1. The maximum atomic E-state index is 13.1. The normalized spacial score (nSPS) is 18.8. The van der Waals surface area contributed by atoms with Gasteiger partial charge in [0.2, 0.25) is 17.7 Å². The monoisotopic (exact) mass is 542 g/mol. The van der Waals surface area contributed by atoms with Gasteiger partial charge in [-0.2, -0.15) is 0 Å². The van der Waals surface area contributed by atoms with Crippen molar-refractivity contribution in [3.8, 4) is 0 Å². The van der Waals surface area contributed by atoms with Crippen LogP contribution in [0, 0.1) is 11.8 Å². The number of thioether (sulfide) groups is 1. The van der Waals surface area contributed by atoms with Crippen LogP contribution in [0.4, 0.5) is 0 Å². The number of aromatic nitrogens is 2. The van der Waals surface area contributed by atoms with Gasteiger partial charge in [-0.25, -0.2) is 0 Å². The fourth-order valence-electron chi connectivity index (χ4n) is 4.56. The van der Waals surface area contributed by atoms with Crippen molar-refractivity contribution in [2.45, 2.75) is 82.2 Å². The van der Waals surface area contributed by atoms with E-state index in [1.54, 1.807) is 0 Å². The molecule has 1 aliphatic carbocycles. The molecule has 8 nitrogen and oxygen atoms in total. The number of hydrogen-bond donors (Lipinski definition) is 2. The molecule has 1 aliphatic rings. The maximum absolute atomic E-state index is 13.1. The average molecular weight is 543 g/mol. The van der Waals surface area contributed by atoms with E-state index in [-0.39, 0.29) is 40.8 Å². The topological polar surface area (TPSA) is 114 Å². The first kappa shape index (κ1) is 27.3. The lowest BCUT2D eigenvalue weighted by molar-refractivity contribution is -0.134. The summed E-state index contributed by atoms with van der Waals surface area (Å²) in [5, 5.41) is 15.6. The predicted molar refractivity (Wildman–Crippen MR) is 146 cm³/mol. The molecule has 2 heterocycles. The van der Waals surface area contributed by atoms with E-state index < -0.39 is 11.8 Å². The van der Waals surface area contributed by atoms with Gasteiger partial charge in [-0.15, -0.1) is 21.5 Å². The van der Waals surface area contributed by atoms with E-state index >= 15 is 0 Å². The Morgan fingerprint density at radius 1 is 1.08 bits per heavy atom. The van der Waals surface area contributed by atoms with Gasteiger partial charge in [0.25, 0.3) is 11.1 Å². The molecule has 0 spiro atoms. The molecule has 0 radical (unpaired) electrons. The summed E-state index contributed by atoms with van der Waals surface area (Å²) >= 11 is 2.92. The van der Waals surface area contributed by atoms with Crippen LogP contribution in [0.1, 0.15) is 81.3 Å². The zero-order valence-electron chi connectivity index (χ0n) is 21.7. The van der Waals surface area contributed by atoms with Crippen molar-refractivity contribution in [3.05, 3.63) is 41.1 Å². The van der Waals surface area contributed by atoms with Gasteiger partial charge in [-0.3, -0.25) is 19.7 Å². The molecule has 1 atom stereocenters. The first-order valence-corrected chi connectivity index (χ1v) is 14.5. The van der Waals surface area contributed by atoms with Crippen LogP contribution in [-0.2, 0) is 9.59 Å². The summed E-state index contributed by atoms with van der Waals surface area (Å²) in [4.78, 5) is 39.5. The van der Waals surface area contributed by atoms with Gasteiger partial charge >= 0.3 is 0 Å². The molecule has 2 aromatic heterocycles. The minimum atomic E-state index is -0.671. The van der Waals surface area contributed by atoms with E-state index in [4.69, 9.17) is 4.42 Å². The molecule has 2 N–H and O–H groups in total. The predicted octanol–water partition coefficient (Wildman–Crippen LogP) is 5.55. The Labute approximate surface area is 225 Å². The smallest absolute Gasteiger partial charge is 0.276 e. The molecular weight excluding hydrogens is 508 g/mol. The SMILES string of the molecule is CC(C)CC(C(=O)NC(=O)C1CCC(NC(=O)c2cc3ccccc3s2)CC1)c1nnc(SC(C)C)o1. The van der Waals surface area contributed by atoms with Crippen LogP contribution in [-0.4, -0.2) is 39.2 Å². The second kappa shape index (κ2) is 12.2. The highest BCUT2D eigenvalue weighted by atomic mass is 32.2. The molecule has 4 rings (SSSR count). The molecule has 198 valence electrons. The van der Waals surface area contributed by atoms with E-state index in [9.17, 15) is 14.4 Å². The lowest BCUT2D eigenvalue weighted by atomic mass is 9.85. The van der Waals surface area contributed by atoms with Crippen LogP contribution in [0.5, 0.6) is 0 Å². The Morgan fingerprint density at radius 3 is 2.49 bits per heavy atom. The third-order valence-corrected chi connectivity index (χ3v) is 8.36. The van der Waals surface area contributed by atoms with E-state index in [0.717, 1.165) is 10.1 Å². The van der Waals surface area contributed by atoms with Crippen molar-refractivity contribution in [1.29, 1.82) is 0 Å². The van der Waals surface area contributed by atoms with Gasteiger partial charge in [-0.05, 0) is 55.5 Å². The number of rotatable bonds is 9. The number of hydrogen-bond acceptors (Lipinski definition) is 8. The molecular formula is C27H34N4O4S2. The Hall–Kier alpha value is -2.72. The highest BCUT2D eigenvalue weighted by molar-refractivity contribution is 7.99. The number of imide groups is 1. The highest BCUT2D eigenvalue weighted by Crippen LogP contribution is 2.30. The second-order valence-corrected chi connectivity index (χ2v) is 12.9. The van der Waals surface area contributed by atoms with Crippen molar-refractivity contribution in [2.24, 2.45) is 11.8 Å². The summed E-state index contributed by atoms with van der Waals surface area (Å²) in [7, 11) is 0. The summed E-state index contributed by atoms with van der Waals surface area (Å²) < 4.78 is 6.83.